The van der Waals surface area contributed by atoms with Crippen molar-refractivity contribution in [2.45, 2.75) is 49.8 Å². The van der Waals surface area contributed by atoms with Gasteiger partial charge in [0.2, 0.25) is 5.91 Å². The molecule has 2 aromatic rings. The standard InChI is InChI=1S/C24H28N2O3S/c27-22(15-30-24-11-16-8-17(12-24)10-18(9-16)13-24)26-21-6-2-1-5-20(21)23(28)25-14-19-4-3-7-29-19/h1-7,16-18H,8-15H2,(H,25,28)(H,26,27). The fraction of sp³-hybridized carbons (Fsp3) is 0.500. The summed E-state index contributed by atoms with van der Waals surface area (Å²) >= 11 is 1.86. The number of amides is 2. The molecular weight excluding hydrogens is 396 g/mol. The molecule has 5 nitrogen and oxygen atoms in total. The van der Waals surface area contributed by atoms with Gasteiger partial charge in [0, 0.05) is 4.75 Å². The third kappa shape index (κ3) is 4.15. The molecule has 1 aromatic carbocycles. The van der Waals surface area contributed by atoms with Crippen molar-refractivity contribution >= 4 is 29.3 Å². The average molecular weight is 425 g/mol. The van der Waals surface area contributed by atoms with Crippen LogP contribution >= 0.6 is 11.8 Å². The lowest BCUT2D eigenvalue weighted by Crippen LogP contribution is -2.49. The SMILES string of the molecule is O=C(CSC12CC3CC(CC(C3)C1)C2)Nc1ccccc1C(=O)NCc1ccco1. The molecule has 4 saturated carbocycles. The lowest BCUT2D eigenvalue weighted by Gasteiger charge is -2.56. The summed E-state index contributed by atoms with van der Waals surface area (Å²) in [5.41, 5.74) is 1.03. The van der Waals surface area contributed by atoms with Gasteiger partial charge in [-0.1, -0.05) is 12.1 Å². The Labute approximate surface area is 181 Å². The monoisotopic (exact) mass is 424 g/mol. The molecule has 0 spiro atoms. The first-order valence-corrected chi connectivity index (χ1v) is 11.9. The highest BCUT2D eigenvalue weighted by atomic mass is 32.2. The first-order valence-electron chi connectivity index (χ1n) is 10.9. The molecule has 6 rings (SSSR count). The lowest BCUT2D eigenvalue weighted by atomic mass is 9.56. The number of carbonyl (C=O) groups is 2. The van der Waals surface area contributed by atoms with Crippen LogP contribution in [0.4, 0.5) is 5.69 Å². The topological polar surface area (TPSA) is 71.3 Å². The zero-order valence-corrected chi connectivity index (χ0v) is 17.9. The van der Waals surface area contributed by atoms with Gasteiger partial charge < -0.3 is 15.1 Å². The van der Waals surface area contributed by atoms with Gasteiger partial charge >= 0.3 is 0 Å². The largest absolute Gasteiger partial charge is 0.467 e. The quantitative estimate of drug-likeness (QED) is 0.666. The second-order valence-electron chi connectivity index (χ2n) is 9.25. The summed E-state index contributed by atoms with van der Waals surface area (Å²) in [4.78, 5) is 25.4. The van der Waals surface area contributed by atoms with E-state index in [0.717, 1.165) is 17.8 Å². The Morgan fingerprint density at radius 1 is 1.00 bits per heavy atom. The summed E-state index contributed by atoms with van der Waals surface area (Å²) in [5.74, 6) is 3.53. The van der Waals surface area contributed by atoms with Gasteiger partial charge in [0.05, 0.1) is 29.8 Å². The van der Waals surface area contributed by atoms with Crippen molar-refractivity contribution in [3.63, 3.8) is 0 Å². The maximum absolute atomic E-state index is 12.7. The van der Waals surface area contributed by atoms with Crippen LogP contribution in [0.25, 0.3) is 0 Å². The van der Waals surface area contributed by atoms with Crippen LogP contribution < -0.4 is 10.6 Å². The van der Waals surface area contributed by atoms with Gasteiger partial charge in [-0.15, -0.1) is 11.8 Å². The number of hydrogen-bond acceptors (Lipinski definition) is 4. The van der Waals surface area contributed by atoms with Gasteiger partial charge in [-0.05, 0) is 80.5 Å². The number of benzene rings is 1. The summed E-state index contributed by atoms with van der Waals surface area (Å²) in [7, 11) is 0. The van der Waals surface area contributed by atoms with E-state index in [1.807, 2.05) is 30.0 Å². The van der Waals surface area contributed by atoms with Crippen molar-refractivity contribution in [2.24, 2.45) is 17.8 Å². The van der Waals surface area contributed by atoms with E-state index in [0.29, 0.717) is 34.1 Å². The summed E-state index contributed by atoms with van der Waals surface area (Å²) < 4.78 is 5.57. The molecule has 0 unspecified atom stereocenters. The molecular formula is C24H28N2O3S. The molecule has 6 heteroatoms. The second kappa shape index (κ2) is 8.14. The van der Waals surface area contributed by atoms with Gasteiger partial charge in [-0.3, -0.25) is 9.59 Å². The molecule has 0 saturated heterocycles. The number of anilines is 1. The van der Waals surface area contributed by atoms with E-state index in [1.165, 1.54) is 38.5 Å². The Morgan fingerprint density at radius 2 is 1.70 bits per heavy atom. The summed E-state index contributed by atoms with van der Waals surface area (Å²) in [6, 6.07) is 10.8. The molecule has 158 valence electrons. The Bertz CT molecular complexity index is 889. The number of rotatable bonds is 7. The highest BCUT2D eigenvalue weighted by Gasteiger charge is 2.51. The van der Waals surface area contributed by atoms with E-state index >= 15 is 0 Å². The summed E-state index contributed by atoms with van der Waals surface area (Å²) in [5, 5.41) is 5.82. The zero-order valence-electron chi connectivity index (χ0n) is 17.1. The van der Waals surface area contributed by atoms with Crippen molar-refractivity contribution in [1.29, 1.82) is 0 Å². The molecule has 0 aliphatic heterocycles. The number of hydrogen-bond donors (Lipinski definition) is 2. The molecule has 4 fully saturated rings. The number of nitrogens with one attached hydrogen (secondary N) is 2. The number of carbonyl (C=O) groups excluding carboxylic acids is 2. The van der Waals surface area contributed by atoms with Crippen LogP contribution in [0.3, 0.4) is 0 Å². The fourth-order valence-electron chi connectivity index (χ4n) is 6.08. The van der Waals surface area contributed by atoms with Crippen LogP contribution in [-0.4, -0.2) is 22.3 Å². The Kier molecular flexibility index (Phi) is 5.35. The van der Waals surface area contributed by atoms with Crippen molar-refractivity contribution in [3.8, 4) is 0 Å². The Morgan fingerprint density at radius 3 is 2.37 bits per heavy atom. The molecule has 30 heavy (non-hydrogen) atoms. The van der Waals surface area contributed by atoms with Crippen LogP contribution in [-0.2, 0) is 11.3 Å². The maximum Gasteiger partial charge on any atom is 0.253 e. The van der Waals surface area contributed by atoms with E-state index in [1.54, 1.807) is 24.5 Å². The van der Waals surface area contributed by atoms with Crippen LogP contribution in [0.2, 0.25) is 0 Å². The molecule has 4 bridgehead atoms. The predicted octanol–water partition coefficient (Wildman–Crippen LogP) is 4.85. The van der Waals surface area contributed by atoms with Crippen molar-refractivity contribution in [2.75, 3.05) is 11.1 Å². The third-order valence-electron chi connectivity index (χ3n) is 6.94. The molecule has 1 heterocycles. The van der Waals surface area contributed by atoms with E-state index in [4.69, 9.17) is 4.42 Å². The van der Waals surface area contributed by atoms with E-state index in [-0.39, 0.29) is 11.8 Å². The third-order valence-corrected chi connectivity index (χ3v) is 8.46. The lowest BCUT2D eigenvalue weighted by molar-refractivity contribution is -0.113. The molecule has 4 aliphatic rings. The highest BCUT2D eigenvalue weighted by Crippen LogP contribution is 2.60. The Hall–Kier alpha value is -2.21. The summed E-state index contributed by atoms with van der Waals surface area (Å²) in [6.07, 6.45) is 9.65. The van der Waals surface area contributed by atoms with Crippen LogP contribution in [0.15, 0.2) is 47.1 Å². The van der Waals surface area contributed by atoms with Crippen LogP contribution in [0.1, 0.15) is 54.6 Å². The molecule has 1 aromatic heterocycles. The van der Waals surface area contributed by atoms with Gasteiger partial charge in [-0.2, -0.15) is 0 Å². The van der Waals surface area contributed by atoms with Gasteiger partial charge in [0.25, 0.3) is 5.91 Å². The van der Waals surface area contributed by atoms with Crippen molar-refractivity contribution in [3.05, 3.63) is 54.0 Å². The molecule has 2 amide bonds. The predicted molar refractivity (Wildman–Crippen MR) is 118 cm³/mol. The number of para-hydroxylation sites is 1. The minimum atomic E-state index is -0.226. The first-order chi connectivity index (χ1) is 14.6. The Balaban J connectivity index is 1.19. The minimum absolute atomic E-state index is 0.0259. The van der Waals surface area contributed by atoms with E-state index in [2.05, 4.69) is 10.6 Å². The fourth-order valence-corrected chi connectivity index (χ4v) is 7.65. The van der Waals surface area contributed by atoms with E-state index < -0.39 is 0 Å². The molecule has 0 atom stereocenters. The van der Waals surface area contributed by atoms with Crippen molar-refractivity contribution in [1.82, 2.24) is 5.32 Å². The van der Waals surface area contributed by atoms with Gasteiger partial charge in [-0.25, -0.2) is 0 Å². The number of furan rings is 1. The van der Waals surface area contributed by atoms with Crippen molar-refractivity contribution < 1.29 is 14.0 Å². The molecule has 0 radical (unpaired) electrons. The molecule has 2 N–H and O–H groups in total. The highest BCUT2D eigenvalue weighted by molar-refractivity contribution is 8.01. The normalized spacial score (nSPS) is 29.0. The average Bonchev–Trinajstić information content (AvgIpc) is 3.24. The second-order valence-corrected chi connectivity index (χ2v) is 10.7. The first kappa shape index (κ1) is 19.7. The smallest absolute Gasteiger partial charge is 0.253 e. The zero-order chi connectivity index (χ0) is 20.6. The summed E-state index contributed by atoms with van der Waals surface area (Å²) in [6.45, 7) is 0.315. The van der Waals surface area contributed by atoms with E-state index in [9.17, 15) is 9.59 Å². The van der Waals surface area contributed by atoms with Crippen LogP contribution in [0, 0.1) is 17.8 Å². The molecule has 4 aliphatic carbocycles. The van der Waals surface area contributed by atoms with Crippen LogP contribution in [0.5, 0.6) is 0 Å². The maximum atomic E-state index is 12.7. The number of thioether (sulfide) groups is 1. The van der Waals surface area contributed by atoms with Gasteiger partial charge in [0.15, 0.2) is 0 Å². The van der Waals surface area contributed by atoms with Gasteiger partial charge in [0.1, 0.15) is 5.76 Å². The minimum Gasteiger partial charge on any atom is -0.467 e.